The fourth-order valence-electron chi connectivity index (χ4n) is 2.65. The zero-order valence-corrected chi connectivity index (χ0v) is 15.4. The molecule has 0 saturated carbocycles. The van der Waals surface area contributed by atoms with Crippen molar-refractivity contribution in [2.45, 2.75) is 19.6 Å². The molecule has 0 aliphatic rings. The van der Waals surface area contributed by atoms with Gasteiger partial charge in [-0.05, 0) is 17.2 Å². The van der Waals surface area contributed by atoms with E-state index in [9.17, 15) is 5.11 Å². The SMILES string of the molecule is COc1ccc(CN(Cc2ccccc2)Cc2nccs2)c(Cl)c1O. The van der Waals surface area contributed by atoms with Crippen molar-refractivity contribution in [2.75, 3.05) is 7.11 Å². The summed E-state index contributed by atoms with van der Waals surface area (Å²) in [5.41, 5.74) is 2.07. The van der Waals surface area contributed by atoms with Crippen LogP contribution in [0.2, 0.25) is 5.02 Å². The first kappa shape index (κ1) is 17.7. The maximum absolute atomic E-state index is 10.2. The second-order valence-corrected chi connectivity index (χ2v) is 7.00. The predicted octanol–water partition coefficient (Wildman–Crippen LogP) is 4.71. The van der Waals surface area contributed by atoms with E-state index in [0.717, 1.165) is 23.7 Å². The molecular weight excluding hydrogens is 356 g/mol. The Morgan fingerprint density at radius 1 is 1.12 bits per heavy atom. The molecule has 6 heteroatoms. The Morgan fingerprint density at radius 2 is 1.92 bits per heavy atom. The van der Waals surface area contributed by atoms with Crippen LogP contribution in [0.5, 0.6) is 11.5 Å². The van der Waals surface area contributed by atoms with Crippen LogP contribution in [0.1, 0.15) is 16.1 Å². The monoisotopic (exact) mass is 374 g/mol. The molecule has 2 aromatic carbocycles. The van der Waals surface area contributed by atoms with E-state index < -0.39 is 0 Å². The first-order chi connectivity index (χ1) is 12.2. The molecule has 130 valence electrons. The van der Waals surface area contributed by atoms with E-state index in [1.54, 1.807) is 17.4 Å². The van der Waals surface area contributed by atoms with E-state index in [4.69, 9.17) is 16.3 Å². The Kier molecular flexibility index (Phi) is 5.91. The van der Waals surface area contributed by atoms with Crippen LogP contribution >= 0.6 is 22.9 Å². The van der Waals surface area contributed by atoms with Crippen molar-refractivity contribution in [1.82, 2.24) is 9.88 Å². The lowest BCUT2D eigenvalue weighted by molar-refractivity contribution is 0.247. The molecule has 1 aromatic heterocycles. The maximum Gasteiger partial charge on any atom is 0.177 e. The number of nitrogens with zero attached hydrogens (tertiary/aromatic N) is 2. The average molecular weight is 375 g/mol. The summed E-state index contributed by atoms with van der Waals surface area (Å²) in [7, 11) is 1.51. The first-order valence-electron chi connectivity index (χ1n) is 7.86. The minimum atomic E-state index is -0.0180. The Bertz CT molecular complexity index is 810. The molecule has 0 saturated heterocycles. The highest BCUT2D eigenvalue weighted by atomic mass is 35.5. The third kappa shape index (κ3) is 4.51. The zero-order valence-electron chi connectivity index (χ0n) is 13.9. The summed E-state index contributed by atoms with van der Waals surface area (Å²) in [6.45, 7) is 2.09. The normalized spacial score (nSPS) is 11.0. The molecule has 0 aliphatic carbocycles. The first-order valence-corrected chi connectivity index (χ1v) is 9.12. The number of aromatic hydroxyl groups is 1. The third-order valence-electron chi connectivity index (χ3n) is 3.86. The average Bonchev–Trinajstić information content (AvgIpc) is 3.13. The number of hydrogen-bond acceptors (Lipinski definition) is 5. The summed E-state index contributed by atoms with van der Waals surface area (Å²) in [5, 5.41) is 13.5. The highest BCUT2D eigenvalue weighted by molar-refractivity contribution is 7.09. The van der Waals surface area contributed by atoms with Crippen LogP contribution in [0, 0.1) is 0 Å². The molecule has 0 amide bonds. The van der Waals surface area contributed by atoms with Crippen molar-refractivity contribution < 1.29 is 9.84 Å². The van der Waals surface area contributed by atoms with E-state index in [2.05, 4.69) is 22.0 Å². The highest BCUT2D eigenvalue weighted by Crippen LogP contribution is 2.37. The second-order valence-electron chi connectivity index (χ2n) is 5.65. The quantitative estimate of drug-likeness (QED) is 0.650. The number of phenols is 1. The van der Waals surface area contributed by atoms with Crippen molar-refractivity contribution >= 4 is 22.9 Å². The number of thiazole rings is 1. The van der Waals surface area contributed by atoms with Gasteiger partial charge in [0.25, 0.3) is 0 Å². The molecule has 0 unspecified atom stereocenters. The topological polar surface area (TPSA) is 45.6 Å². The van der Waals surface area contributed by atoms with Gasteiger partial charge in [0.2, 0.25) is 0 Å². The summed E-state index contributed by atoms with van der Waals surface area (Å²) in [5.74, 6) is 0.360. The molecule has 0 atom stereocenters. The van der Waals surface area contributed by atoms with Crippen LogP contribution in [0.15, 0.2) is 54.0 Å². The van der Waals surface area contributed by atoms with Gasteiger partial charge in [-0.3, -0.25) is 4.90 Å². The van der Waals surface area contributed by atoms with E-state index >= 15 is 0 Å². The summed E-state index contributed by atoms with van der Waals surface area (Å²) in [6, 6.07) is 13.9. The summed E-state index contributed by atoms with van der Waals surface area (Å²) in [4.78, 5) is 6.63. The fraction of sp³-hybridized carbons (Fsp3) is 0.211. The van der Waals surface area contributed by atoms with Gasteiger partial charge in [0.1, 0.15) is 5.01 Å². The molecule has 25 heavy (non-hydrogen) atoms. The van der Waals surface area contributed by atoms with Gasteiger partial charge in [0.15, 0.2) is 11.5 Å². The standard InChI is InChI=1S/C19H19ClN2O2S/c1-24-16-8-7-15(18(20)19(16)23)12-22(13-17-21-9-10-25-17)11-14-5-3-2-4-6-14/h2-10,23H,11-13H2,1H3. The number of halogens is 1. The molecule has 0 bridgehead atoms. The number of aromatic nitrogens is 1. The zero-order chi connectivity index (χ0) is 17.6. The Balaban J connectivity index is 1.83. The van der Waals surface area contributed by atoms with Gasteiger partial charge in [-0.2, -0.15) is 0 Å². The molecule has 1 heterocycles. The molecule has 3 aromatic rings. The van der Waals surface area contributed by atoms with E-state index in [1.807, 2.05) is 35.8 Å². The van der Waals surface area contributed by atoms with Gasteiger partial charge >= 0.3 is 0 Å². The van der Waals surface area contributed by atoms with Crippen molar-refractivity contribution in [3.05, 3.63) is 75.2 Å². The lowest BCUT2D eigenvalue weighted by atomic mass is 10.1. The number of ether oxygens (including phenoxy) is 1. The molecule has 0 spiro atoms. The van der Waals surface area contributed by atoms with E-state index in [1.165, 1.54) is 12.7 Å². The molecule has 3 rings (SSSR count). The highest BCUT2D eigenvalue weighted by Gasteiger charge is 2.16. The number of benzene rings is 2. The predicted molar refractivity (Wildman–Crippen MR) is 101 cm³/mol. The van der Waals surface area contributed by atoms with Gasteiger partial charge in [-0.1, -0.05) is 48.0 Å². The molecule has 0 radical (unpaired) electrons. The molecule has 4 nitrogen and oxygen atoms in total. The number of phenolic OH excluding ortho intramolecular Hbond substituents is 1. The molecule has 0 aliphatic heterocycles. The summed E-state index contributed by atoms with van der Waals surface area (Å²) >= 11 is 7.97. The van der Waals surface area contributed by atoms with Crippen LogP contribution in [-0.2, 0) is 19.6 Å². The number of methoxy groups -OCH3 is 1. The van der Waals surface area contributed by atoms with Crippen LogP contribution in [0.3, 0.4) is 0 Å². The van der Waals surface area contributed by atoms with Crippen molar-refractivity contribution in [1.29, 1.82) is 0 Å². The molecular formula is C19H19ClN2O2S. The maximum atomic E-state index is 10.2. The second kappa shape index (κ2) is 8.34. The molecule has 0 fully saturated rings. The summed E-state index contributed by atoms with van der Waals surface area (Å²) < 4.78 is 5.11. The lowest BCUT2D eigenvalue weighted by Crippen LogP contribution is -2.22. The van der Waals surface area contributed by atoms with Crippen LogP contribution in [0.4, 0.5) is 0 Å². The van der Waals surface area contributed by atoms with Gasteiger partial charge in [-0.15, -0.1) is 11.3 Å². The minimum absolute atomic E-state index is 0.0180. The van der Waals surface area contributed by atoms with E-state index in [0.29, 0.717) is 17.3 Å². The van der Waals surface area contributed by atoms with Crippen molar-refractivity contribution in [3.63, 3.8) is 0 Å². The van der Waals surface area contributed by atoms with Crippen LogP contribution < -0.4 is 4.74 Å². The smallest absolute Gasteiger partial charge is 0.177 e. The van der Waals surface area contributed by atoms with Gasteiger partial charge in [0.05, 0.1) is 18.7 Å². The number of rotatable bonds is 7. The lowest BCUT2D eigenvalue weighted by Gasteiger charge is -2.22. The number of hydrogen-bond donors (Lipinski definition) is 1. The molecule has 1 N–H and O–H groups in total. The third-order valence-corrected chi connectivity index (χ3v) is 5.05. The van der Waals surface area contributed by atoms with E-state index in [-0.39, 0.29) is 5.75 Å². The summed E-state index contributed by atoms with van der Waals surface area (Å²) in [6.07, 6.45) is 1.81. The van der Waals surface area contributed by atoms with Gasteiger partial charge < -0.3 is 9.84 Å². The minimum Gasteiger partial charge on any atom is -0.503 e. The largest absolute Gasteiger partial charge is 0.503 e. The van der Waals surface area contributed by atoms with Crippen LogP contribution in [0.25, 0.3) is 0 Å². The Hall–Kier alpha value is -2.08. The Morgan fingerprint density at radius 3 is 2.60 bits per heavy atom. The van der Waals surface area contributed by atoms with Crippen LogP contribution in [-0.4, -0.2) is 22.1 Å². The van der Waals surface area contributed by atoms with Gasteiger partial charge in [0, 0.05) is 24.7 Å². The van der Waals surface area contributed by atoms with Crippen molar-refractivity contribution in [2.24, 2.45) is 0 Å². The van der Waals surface area contributed by atoms with Crippen molar-refractivity contribution in [3.8, 4) is 11.5 Å². The fourth-order valence-corrected chi connectivity index (χ4v) is 3.52. The Labute approximate surface area is 156 Å². The van der Waals surface area contributed by atoms with Gasteiger partial charge in [-0.25, -0.2) is 4.98 Å².